The van der Waals surface area contributed by atoms with Crippen molar-refractivity contribution in [3.8, 4) is 6.07 Å². The number of nitrogens with zero attached hydrogens (tertiary/aromatic N) is 2. The minimum absolute atomic E-state index is 0.329. The van der Waals surface area contributed by atoms with Gasteiger partial charge in [0, 0.05) is 16.2 Å². The van der Waals surface area contributed by atoms with Crippen LogP contribution in [0.5, 0.6) is 0 Å². The molecule has 0 aliphatic heterocycles. The van der Waals surface area contributed by atoms with E-state index in [0.29, 0.717) is 22.6 Å². The standard InChI is InChI=1S/C23H21N3O4S/c1-14-19(15(2)30-26-14)13-31-21-11-7-5-9-18(21)23(28)29-16(3)22(27)25-20-10-6-4-8-17(20)12-24/h4-11,16H,13H2,1-3H3,(H,25,27)/t16-/m0/s1. The fourth-order valence-electron chi connectivity index (χ4n) is 2.82. The number of nitriles is 1. The summed E-state index contributed by atoms with van der Waals surface area (Å²) >= 11 is 1.47. The first-order chi connectivity index (χ1) is 14.9. The number of benzene rings is 2. The number of hydrogen-bond donors (Lipinski definition) is 1. The summed E-state index contributed by atoms with van der Waals surface area (Å²) in [5.74, 6) is 0.217. The zero-order valence-corrected chi connectivity index (χ0v) is 18.2. The number of rotatable bonds is 7. The lowest BCUT2D eigenvalue weighted by molar-refractivity contribution is -0.123. The number of esters is 1. The van der Waals surface area contributed by atoms with E-state index in [-0.39, 0.29) is 0 Å². The molecule has 1 N–H and O–H groups in total. The predicted molar refractivity (Wildman–Crippen MR) is 117 cm³/mol. The van der Waals surface area contributed by atoms with E-state index < -0.39 is 18.0 Å². The molecule has 0 radical (unpaired) electrons. The summed E-state index contributed by atoms with van der Waals surface area (Å²) in [6.07, 6.45) is -1.04. The Kier molecular flexibility index (Phi) is 7.11. The Hall–Kier alpha value is -3.57. The Labute approximate surface area is 184 Å². The second kappa shape index (κ2) is 9.96. The third kappa shape index (κ3) is 5.32. The summed E-state index contributed by atoms with van der Waals surface area (Å²) in [6, 6.07) is 15.7. The van der Waals surface area contributed by atoms with Crippen LogP contribution in [0.25, 0.3) is 0 Å². The number of carbonyl (C=O) groups excluding carboxylic acids is 2. The molecule has 158 valence electrons. The third-order valence-electron chi connectivity index (χ3n) is 4.62. The Bertz CT molecular complexity index is 1130. The van der Waals surface area contributed by atoms with Crippen molar-refractivity contribution in [2.45, 2.75) is 37.5 Å². The first-order valence-electron chi connectivity index (χ1n) is 9.55. The quantitative estimate of drug-likeness (QED) is 0.426. The highest BCUT2D eigenvalue weighted by Crippen LogP contribution is 2.29. The van der Waals surface area contributed by atoms with Crippen molar-refractivity contribution in [3.05, 3.63) is 76.7 Å². The van der Waals surface area contributed by atoms with E-state index in [1.165, 1.54) is 18.7 Å². The van der Waals surface area contributed by atoms with Crippen molar-refractivity contribution >= 4 is 29.3 Å². The van der Waals surface area contributed by atoms with Gasteiger partial charge in [-0.15, -0.1) is 11.8 Å². The second-order valence-corrected chi connectivity index (χ2v) is 7.80. The van der Waals surface area contributed by atoms with Crippen LogP contribution in [0.2, 0.25) is 0 Å². The van der Waals surface area contributed by atoms with Crippen molar-refractivity contribution in [2.75, 3.05) is 5.32 Å². The molecule has 3 rings (SSSR count). The molecule has 1 atom stereocenters. The van der Waals surface area contributed by atoms with Crippen LogP contribution in [0.15, 0.2) is 57.9 Å². The zero-order valence-electron chi connectivity index (χ0n) is 17.3. The number of nitrogens with one attached hydrogen (secondary N) is 1. The number of para-hydroxylation sites is 1. The molecule has 0 saturated carbocycles. The third-order valence-corrected chi connectivity index (χ3v) is 5.72. The van der Waals surface area contributed by atoms with Gasteiger partial charge in [-0.25, -0.2) is 4.79 Å². The molecule has 0 aliphatic rings. The zero-order chi connectivity index (χ0) is 22.4. The summed E-state index contributed by atoms with van der Waals surface area (Å²) < 4.78 is 10.6. The molecule has 31 heavy (non-hydrogen) atoms. The molecule has 1 heterocycles. The number of anilines is 1. The maximum atomic E-state index is 12.8. The van der Waals surface area contributed by atoms with Crippen molar-refractivity contribution in [1.29, 1.82) is 5.26 Å². The molecular formula is C23H21N3O4S. The van der Waals surface area contributed by atoms with Crippen LogP contribution < -0.4 is 5.32 Å². The summed E-state index contributed by atoms with van der Waals surface area (Å²) in [5.41, 5.74) is 2.87. The van der Waals surface area contributed by atoms with E-state index in [1.807, 2.05) is 32.0 Å². The van der Waals surface area contributed by atoms with Crippen LogP contribution in [-0.4, -0.2) is 23.1 Å². The van der Waals surface area contributed by atoms with Crippen molar-refractivity contribution in [1.82, 2.24) is 5.16 Å². The van der Waals surface area contributed by atoms with E-state index in [1.54, 1.807) is 36.4 Å². The average Bonchev–Trinajstić information content (AvgIpc) is 3.09. The Morgan fingerprint density at radius 3 is 2.61 bits per heavy atom. The highest BCUT2D eigenvalue weighted by molar-refractivity contribution is 7.98. The van der Waals surface area contributed by atoms with E-state index in [0.717, 1.165) is 21.9 Å². The molecule has 0 spiro atoms. The highest BCUT2D eigenvalue weighted by atomic mass is 32.2. The van der Waals surface area contributed by atoms with Gasteiger partial charge in [0.05, 0.1) is 22.5 Å². The van der Waals surface area contributed by atoms with Crippen LogP contribution >= 0.6 is 11.8 Å². The lowest BCUT2D eigenvalue weighted by Crippen LogP contribution is -2.30. The maximum Gasteiger partial charge on any atom is 0.340 e. The van der Waals surface area contributed by atoms with Crippen LogP contribution in [-0.2, 0) is 15.3 Å². The molecule has 7 nitrogen and oxygen atoms in total. The van der Waals surface area contributed by atoms with E-state index in [4.69, 9.17) is 14.5 Å². The van der Waals surface area contributed by atoms with Gasteiger partial charge in [-0.1, -0.05) is 29.4 Å². The van der Waals surface area contributed by atoms with Gasteiger partial charge in [-0.3, -0.25) is 4.79 Å². The van der Waals surface area contributed by atoms with Gasteiger partial charge < -0.3 is 14.6 Å². The topological polar surface area (TPSA) is 105 Å². The molecule has 0 unspecified atom stereocenters. The lowest BCUT2D eigenvalue weighted by Gasteiger charge is -2.15. The largest absolute Gasteiger partial charge is 0.449 e. The van der Waals surface area contributed by atoms with Crippen LogP contribution in [0.4, 0.5) is 5.69 Å². The minimum Gasteiger partial charge on any atom is -0.449 e. The number of thioether (sulfide) groups is 1. The van der Waals surface area contributed by atoms with Crippen LogP contribution in [0.1, 0.15) is 39.9 Å². The van der Waals surface area contributed by atoms with Crippen molar-refractivity contribution in [2.24, 2.45) is 0 Å². The second-order valence-electron chi connectivity index (χ2n) is 6.78. The summed E-state index contributed by atoms with van der Waals surface area (Å²) in [7, 11) is 0. The normalized spacial score (nSPS) is 11.4. The molecule has 8 heteroatoms. The Morgan fingerprint density at radius 1 is 1.19 bits per heavy atom. The summed E-state index contributed by atoms with van der Waals surface area (Å²) in [4.78, 5) is 26.0. The predicted octanol–water partition coefficient (Wildman–Crippen LogP) is 4.64. The molecule has 1 aromatic heterocycles. The summed E-state index contributed by atoms with van der Waals surface area (Å²) in [5, 5.41) is 15.7. The lowest BCUT2D eigenvalue weighted by atomic mass is 10.2. The smallest absolute Gasteiger partial charge is 0.340 e. The van der Waals surface area contributed by atoms with E-state index in [9.17, 15) is 9.59 Å². The fraction of sp³-hybridized carbons (Fsp3) is 0.217. The van der Waals surface area contributed by atoms with Crippen molar-refractivity contribution in [3.63, 3.8) is 0 Å². The molecule has 3 aromatic rings. The molecule has 0 aliphatic carbocycles. The first-order valence-corrected chi connectivity index (χ1v) is 10.5. The number of ether oxygens (including phenoxy) is 1. The Morgan fingerprint density at radius 2 is 1.90 bits per heavy atom. The molecular weight excluding hydrogens is 414 g/mol. The minimum atomic E-state index is -1.04. The number of aromatic nitrogens is 1. The molecule has 0 fully saturated rings. The SMILES string of the molecule is Cc1noc(C)c1CSc1ccccc1C(=O)O[C@@H](C)C(=O)Nc1ccccc1C#N. The monoisotopic (exact) mass is 435 g/mol. The first kappa shape index (κ1) is 22.1. The summed E-state index contributed by atoms with van der Waals surface area (Å²) in [6.45, 7) is 5.21. The molecule has 2 aromatic carbocycles. The van der Waals surface area contributed by atoms with Gasteiger partial charge in [0.15, 0.2) is 6.10 Å². The van der Waals surface area contributed by atoms with Gasteiger partial charge in [0.25, 0.3) is 5.91 Å². The average molecular weight is 436 g/mol. The number of aryl methyl sites for hydroxylation is 2. The van der Waals surface area contributed by atoms with Crippen molar-refractivity contribution < 1.29 is 18.8 Å². The molecule has 0 saturated heterocycles. The Balaban J connectivity index is 1.67. The van der Waals surface area contributed by atoms with Gasteiger partial charge in [-0.05, 0) is 45.0 Å². The highest BCUT2D eigenvalue weighted by Gasteiger charge is 2.22. The molecule has 0 bridgehead atoms. The molecule has 1 amide bonds. The number of carbonyl (C=O) groups is 2. The van der Waals surface area contributed by atoms with Gasteiger partial charge in [-0.2, -0.15) is 5.26 Å². The van der Waals surface area contributed by atoms with Crippen LogP contribution in [0.3, 0.4) is 0 Å². The number of hydrogen-bond acceptors (Lipinski definition) is 7. The van der Waals surface area contributed by atoms with Gasteiger partial charge >= 0.3 is 5.97 Å². The van der Waals surface area contributed by atoms with E-state index >= 15 is 0 Å². The fourth-order valence-corrected chi connectivity index (χ4v) is 4.01. The van der Waals surface area contributed by atoms with Gasteiger partial charge in [0.2, 0.25) is 0 Å². The maximum absolute atomic E-state index is 12.8. The van der Waals surface area contributed by atoms with Gasteiger partial charge in [0.1, 0.15) is 11.8 Å². The van der Waals surface area contributed by atoms with Crippen LogP contribution in [0, 0.1) is 25.2 Å². The van der Waals surface area contributed by atoms with E-state index in [2.05, 4.69) is 10.5 Å². The number of amides is 1.